The van der Waals surface area contributed by atoms with Crippen molar-refractivity contribution in [3.05, 3.63) is 94.2 Å². The minimum absolute atomic E-state index is 0.152. The molecule has 0 N–H and O–H groups in total. The first-order valence-electron chi connectivity index (χ1n) is 9.10. The van der Waals surface area contributed by atoms with E-state index in [0.29, 0.717) is 11.3 Å². The molecule has 2 aromatic heterocycles. The van der Waals surface area contributed by atoms with Gasteiger partial charge in [-0.2, -0.15) is 5.10 Å². The number of carbonyl (C=O) groups excluding carboxylic acids is 1. The summed E-state index contributed by atoms with van der Waals surface area (Å²) in [5, 5.41) is 8.03. The topological polar surface area (TPSA) is 58.5 Å². The number of amides is 1. The number of thiophene rings is 1. The summed E-state index contributed by atoms with van der Waals surface area (Å²) in [5.74, 6) is -0.454. The summed E-state index contributed by atoms with van der Waals surface area (Å²) in [6, 6.07) is 15.4. The van der Waals surface area contributed by atoms with Crippen LogP contribution in [-0.4, -0.2) is 26.6 Å². The Morgan fingerprint density at radius 1 is 1.03 bits per heavy atom. The molecule has 1 amide bonds. The highest BCUT2D eigenvalue weighted by atomic mass is 32.1. The molecule has 0 spiro atoms. The quantitative estimate of drug-likeness (QED) is 0.494. The van der Waals surface area contributed by atoms with Gasteiger partial charge in [-0.25, -0.2) is 9.40 Å². The fourth-order valence-corrected chi connectivity index (χ4v) is 4.13. The lowest BCUT2D eigenvalue weighted by atomic mass is 9.98. The van der Waals surface area contributed by atoms with Crippen molar-refractivity contribution in [2.45, 2.75) is 12.5 Å². The molecule has 0 unspecified atom stereocenters. The molecule has 5 rings (SSSR count). The molecule has 0 saturated heterocycles. The number of aromatic nitrogens is 2. The molecule has 0 radical (unpaired) electrons. The van der Waals surface area contributed by atoms with Gasteiger partial charge in [0.25, 0.3) is 5.91 Å². The van der Waals surface area contributed by atoms with Crippen LogP contribution in [0.1, 0.15) is 33.3 Å². The Bertz CT molecular complexity index is 1220. The van der Waals surface area contributed by atoms with E-state index in [9.17, 15) is 9.18 Å². The fourth-order valence-electron chi connectivity index (χ4n) is 3.47. The van der Waals surface area contributed by atoms with Crippen molar-refractivity contribution in [2.75, 3.05) is 0 Å². The van der Waals surface area contributed by atoms with E-state index in [-0.39, 0.29) is 17.8 Å². The van der Waals surface area contributed by atoms with Crippen LogP contribution in [0.3, 0.4) is 0 Å². The first kappa shape index (κ1) is 17.6. The molecule has 7 heteroatoms. The van der Waals surface area contributed by atoms with Crippen molar-refractivity contribution < 1.29 is 9.18 Å². The van der Waals surface area contributed by atoms with Gasteiger partial charge in [-0.3, -0.25) is 14.8 Å². The molecule has 29 heavy (non-hydrogen) atoms. The molecule has 5 nitrogen and oxygen atoms in total. The maximum atomic E-state index is 13.3. The van der Waals surface area contributed by atoms with Crippen LogP contribution in [0.25, 0.3) is 11.0 Å². The van der Waals surface area contributed by atoms with E-state index in [2.05, 4.69) is 15.1 Å². The van der Waals surface area contributed by atoms with Gasteiger partial charge in [-0.1, -0.05) is 24.3 Å². The summed E-state index contributed by atoms with van der Waals surface area (Å²) >= 11 is 1.38. The van der Waals surface area contributed by atoms with Crippen molar-refractivity contribution in [1.82, 2.24) is 15.0 Å². The fraction of sp³-hybridized carbons (Fsp3) is 0.0909. The number of hydrogen-bond donors (Lipinski definition) is 0. The van der Waals surface area contributed by atoms with Gasteiger partial charge in [0, 0.05) is 18.8 Å². The maximum Gasteiger partial charge on any atom is 0.284 e. The molecule has 0 fully saturated rings. The number of nitrogens with zero attached hydrogens (tertiary/aromatic N) is 4. The average molecular weight is 402 g/mol. The summed E-state index contributed by atoms with van der Waals surface area (Å²) in [6.45, 7) is 0. The number of hydrogen-bond acceptors (Lipinski definition) is 5. The molecule has 1 atom stereocenters. The van der Waals surface area contributed by atoms with Crippen LogP contribution < -0.4 is 0 Å². The van der Waals surface area contributed by atoms with Crippen LogP contribution in [-0.2, 0) is 0 Å². The number of hydrazone groups is 1. The Kier molecular flexibility index (Phi) is 4.37. The van der Waals surface area contributed by atoms with E-state index in [4.69, 9.17) is 0 Å². The molecular formula is C22H15FN4OS. The number of fused-ring (bicyclic) bond motifs is 1. The van der Waals surface area contributed by atoms with Crippen molar-refractivity contribution in [3.8, 4) is 0 Å². The van der Waals surface area contributed by atoms with E-state index >= 15 is 0 Å². The van der Waals surface area contributed by atoms with Gasteiger partial charge in [-0.05, 0) is 46.8 Å². The highest BCUT2D eigenvalue weighted by Gasteiger charge is 2.34. The zero-order valence-corrected chi connectivity index (χ0v) is 16.0. The molecule has 142 valence electrons. The summed E-state index contributed by atoms with van der Waals surface area (Å²) in [5.41, 5.74) is 4.05. The monoisotopic (exact) mass is 402 g/mol. The van der Waals surface area contributed by atoms with Gasteiger partial charge in [0.05, 0.1) is 27.7 Å². The van der Waals surface area contributed by atoms with Crippen LogP contribution in [0, 0.1) is 5.82 Å². The predicted octanol–water partition coefficient (Wildman–Crippen LogP) is 4.82. The summed E-state index contributed by atoms with van der Waals surface area (Å²) in [4.78, 5) is 22.4. The first-order chi connectivity index (χ1) is 14.2. The smallest absolute Gasteiger partial charge is 0.266 e. The van der Waals surface area contributed by atoms with E-state index in [1.165, 1.54) is 28.5 Å². The standard InChI is InChI=1S/C22H15FN4OS/c23-16-6-3-14(4-7-16)18-13-20(27(26-18)22(28)21-2-1-11-29-21)15-5-8-17-19(12-15)25-10-9-24-17/h1-12,20H,13H2/t20-/m0/s1. The van der Waals surface area contributed by atoms with Crippen LogP contribution >= 0.6 is 11.3 Å². The summed E-state index contributed by atoms with van der Waals surface area (Å²) < 4.78 is 13.3. The van der Waals surface area contributed by atoms with Gasteiger partial charge in [-0.15, -0.1) is 11.3 Å². The zero-order chi connectivity index (χ0) is 19.8. The van der Waals surface area contributed by atoms with Gasteiger partial charge in [0.1, 0.15) is 5.82 Å². The minimum atomic E-state index is -0.302. The average Bonchev–Trinajstić information content (AvgIpc) is 3.44. The molecule has 4 aromatic rings. The first-order valence-corrected chi connectivity index (χ1v) is 9.98. The highest BCUT2D eigenvalue weighted by Crippen LogP contribution is 2.35. The Hall–Kier alpha value is -3.45. The molecule has 1 aliphatic rings. The van der Waals surface area contributed by atoms with Crippen LogP contribution in [0.4, 0.5) is 4.39 Å². The Morgan fingerprint density at radius 3 is 2.59 bits per heavy atom. The molecule has 2 aromatic carbocycles. The lowest BCUT2D eigenvalue weighted by Gasteiger charge is -2.21. The third kappa shape index (κ3) is 3.30. The Morgan fingerprint density at radius 2 is 1.83 bits per heavy atom. The third-order valence-corrected chi connectivity index (χ3v) is 5.76. The SMILES string of the molecule is O=C(c1cccs1)N1N=C(c2ccc(F)cc2)C[C@H]1c1ccc2nccnc2c1. The van der Waals surface area contributed by atoms with Crippen molar-refractivity contribution >= 4 is 34.0 Å². The lowest BCUT2D eigenvalue weighted by Crippen LogP contribution is -2.26. The van der Waals surface area contributed by atoms with E-state index in [0.717, 1.165) is 27.9 Å². The summed E-state index contributed by atoms with van der Waals surface area (Å²) in [7, 11) is 0. The zero-order valence-electron chi connectivity index (χ0n) is 15.2. The normalized spacial score (nSPS) is 16.2. The Labute approximate surface area is 170 Å². The molecule has 0 aliphatic carbocycles. The molecular weight excluding hydrogens is 387 g/mol. The number of halogens is 1. The molecule has 0 bridgehead atoms. The van der Waals surface area contributed by atoms with Gasteiger partial charge in [0.15, 0.2) is 0 Å². The van der Waals surface area contributed by atoms with Crippen molar-refractivity contribution in [2.24, 2.45) is 5.10 Å². The lowest BCUT2D eigenvalue weighted by molar-refractivity contribution is 0.0716. The maximum absolute atomic E-state index is 13.3. The van der Waals surface area contributed by atoms with Crippen LogP contribution in [0.15, 0.2) is 77.5 Å². The van der Waals surface area contributed by atoms with Crippen LogP contribution in [0.5, 0.6) is 0 Å². The van der Waals surface area contributed by atoms with E-state index < -0.39 is 0 Å². The van der Waals surface area contributed by atoms with Gasteiger partial charge >= 0.3 is 0 Å². The molecule has 1 aliphatic heterocycles. The predicted molar refractivity (Wildman–Crippen MR) is 110 cm³/mol. The Balaban J connectivity index is 1.56. The van der Waals surface area contributed by atoms with E-state index in [1.807, 2.05) is 29.6 Å². The second kappa shape index (κ2) is 7.18. The molecule has 3 heterocycles. The second-order valence-corrected chi connectivity index (χ2v) is 7.65. The number of benzene rings is 2. The van der Waals surface area contributed by atoms with Gasteiger partial charge in [0.2, 0.25) is 0 Å². The number of rotatable bonds is 3. The van der Waals surface area contributed by atoms with Crippen LogP contribution in [0.2, 0.25) is 0 Å². The van der Waals surface area contributed by atoms with E-state index in [1.54, 1.807) is 30.6 Å². The minimum Gasteiger partial charge on any atom is -0.266 e. The summed E-state index contributed by atoms with van der Waals surface area (Å²) in [6.07, 6.45) is 3.84. The van der Waals surface area contributed by atoms with Crippen molar-refractivity contribution in [3.63, 3.8) is 0 Å². The van der Waals surface area contributed by atoms with Gasteiger partial charge < -0.3 is 0 Å². The third-order valence-electron chi connectivity index (χ3n) is 4.91. The largest absolute Gasteiger partial charge is 0.284 e. The number of carbonyl (C=O) groups is 1. The highest BCUT2D eigenvalue weighted by molar-refractivity contribution is 7.12. The molecule has 0 saturated carbocycles. The second-order valence-electron chi connectivity index (χ2n) is 6.71. The van der Waals surface area contributed by atoms with Crippen molar-refractivity contribution in [1.29, 1.82) is 0 Å².